The van der Waals surface area contributed by atoms with Gasteiger partial charge >= 0.3 is 0 Å². The SMILES string of the molecule is c1ccc(-c2cccc(-c3nc(-c4ccccc4)nc(-c4ccc5c(c4)C4c6ccc(-c7ccccc7)cc6C5c5cc(-c6nc(-c7ccccc7)nc(-c7cccc(-c8ccccc8)c7)n6)ccc54)n3)c2)cc1. The molecule has 0 radical (unpaired) electrons. The molecular formula is C68H44N6. The smallest absolute Gasteiger partial charge is 0.164 e. The van der Waals surface area contributed by atoms with E-state index in [0.717, 1.165) is 55.6 Å². The summed E-state index contributed by atoms with van der Waals surface area (Å²) in [5, 5.41) is 0. The van der Waals surface area contributed by atoms with E-state index >= 15 is 0 Å². The number of hydrogen-bond donors (Lipinski definition) is 0. The molecule has 0 saturated heterocycles. The highest BCUT2D eigenvalue weighted by Crippen LogP contribution is 2.57. The molecule has 10 aromatic carbocycles. The van der Waals surface area contributed by atoms with E-state index in [9.17, 15) is 0 Å². The molecule has 3 aliphatic carbocycles. The van der Waals surface area contributed by atoms with Crippen molar-refractivity contribution >= 4 is 0 Å². The van der Waals surface area contributed by atoms with Crippen LogP contribution in [0.25, 0.3) is 102 Å². The topological polar surface area (TPSA) is 77.3 Å². The molecule has 0 aliphatic heterocycles. The lowest BCUT2D eigenvalue weighted by Crippen LogP contribution is -2.27. The third-order valence-corrected chi connectivity index (χ3v) is 14.5. The van der Waals surface area contributed by atoms with E-state index in [0.29, 0.717) is 34.9 Å². The Morgan fingerprint density at radius 3 is 0.743 bits per heavy atom. The summed E-state index contributed by atoms with van der Waals surface area (Å²) in [6, 6.07) is 89.6. The molecule has 0 amide bonds. The fraction of sp³-hybridized carbons (Fsp3) is 0.0294. The third kappa shape index (κ3) is 7.77. The van der Waals surface area contributed by atoms with Crippen LogP contribution >= 0.6 is 0 Å². The Morgan fingerprint density at radius 1 is 0.162 bits per heavy atom. The van der Waals surface area contributed by atoms with Crippen LogP contribution in [0, 0.1) is 0 Å². The van der Waals surface area contributed by atoms with Crippen molar-refractivity contribution in [2.24, 2.45) is 0 Å². The highest BCUT2D eigenvalue weighted by molar-refractivity contribution is 5.79. The lowest BCUT2D eigenvalue weighted by Gasteiger charge is -2.42. The van der Waals surface area contributed by atoms with Crippen LogP contribution in [0.3, 0.4) is 0 Å². The first-order chi connectivity index (χ1) is 36.6. The minimum Gasteiger partial charge on any atom is -0.208 e. The molecule has 2 heterocycles. The minimum atomic E-state index is -0.0513. The Morgan fingerprint density at radius 2 is 0.392 bits per heavy atom. The Bertz CT molecular complexity index is 4070. The monoisotopic (exact) mass is 944 g/mol. The van der Waals surface area contributed by atoms with Crippen LogP contribution in [0.4, 0.5) is 0 Å². The van der Waals surface area contributed by atoms with Gasteiger partial charge in [-0.05, 0) is 97.1 Å². The van der Waals surface area contributed by atoms with Gasteiger partial charge in [0.2, 0.25) is 0 Å². The van der Waals surface area contributed by atoms with Gasteiger partial charge in [0, 0.05) is 45.2 Å². The van der Waals surface area contributed by atoms with Crippen LogP contribution in [0.1, 0.15) is 45.2 Å². The van der Waals surface area contributed by atoms with Gasteiger partial charge in [0.15, 0.2) is 34.9 Å². The van der Waals surface area contributed by atoms with Crippen molar-refractivity contribution in [1.82, 2.24) is 29.9 Å². The average molecular weight is 945 g/mol. The fourth-order valence-electron chi connectivity index (χ4n) is 11.0. The van der Waals surface area contributed by atoms with Crippen LogP contribution in [0.15, 0.2) is 255 Å². The van der Waals surface area contributed by atoms with Crippen LogP contribution in [0.5, 0.6) is 0 Å². The van der Waals surface area contributed by atoms with Gasteiger partial charge in [-0.1, -0.05) is 224 Å². The van der Waals surface area contributed by atoms with E-state index in [1.807, 2.05) is 48.5 Å². The second-order valence-electron chi connectivity index (χ2n) is 19.0. The first-order valence-corrected chi connectivity index (χ1v) is 25.1. The Hall–Kier alpha value is -9.78. The molecule has 0 saturated carbocycles. The molecule has 3 aliphatic rings. The summed E-state index contributed by atoms with van der Waals surface area (Å²) >= 11 is 0. The summed E-state index contributed by atoms with van der Waals surface area (Å²) in [7, 11) is 0. The number of hydrogen-bond acceptors (Lipinski definition) is 6. The van der Waals surface area contributed by atoms with Gasteiger partial charge in [0.25, 0.3) is 0 Å². The Balaban J connectivity index is 0.912. The minimum absolute atomic E-state index is 0.0363. The fourth-order valence-corrected chi connectivity index (χ4v) is 11.0. The zero-order chi connectivity index (χ0) is 49.0. The molecule has 0 N–H and O–H groups in total. The van der Waals surface area contributed by atoms with Gasteiger partial charge < -0.3 is 0 Å². The van der Waals surface area contributed by atoms with Crippen LogP contribution in [0.2, 0.25) is 0 Å². The van der Waals surface area contributed by atoms with E-state index in [4.69, 9.17) is 29.9 Å². The quantitative estimate of drug-likeness (QED) is 0.143. The molecule has 12 aromatic rings. The van der Waals surface area contributed by atoms with Crippen LogP contribution in [-0.2, 0) is 0 Å². The zero-order valence-corrected chi connectivity index (χ0v) is 40.1. The predicted octanol–water partition coefficient (Wildman–Crippen LogP) is 16.0. The summed E-state index contributed by atoms with van der Waals surface area (Å²) in [5.41, 5.74) is 20.2. The molecule has 74 heavy (non-hydrogen) atoms. The maximum Gasteiger partial charge on any atom is 0.164 e. The van der Waals surface area contributed by atoms with Gasteiger partial charge in [0.1, 0.15) is 0 Å². The van der Waals surface area contributed by atoms with E-state index in [1.54, 1.807) is 0 Å². The van der Waals surface area contributed by atoms with Gasteiger partial charge in [0.05, 0.1) is 0 Å². The zero-order valence-electron chi connectivity index (χ0n) is 40.1. The van der Waals surface area contributed by atoms with Crippen molar-refractivity contribution < 1.29 is 0 Å². The first kappa shape index (κ1) is 43.0. The van der Waals surface area contributed by atoms with Gasteiger partial charge in [-0.3, -0.25) is 0 Å². The molecule has 0 spiro atoms. The number of aromatic nitrogens is 6. The Labute approximate surface area is 429 Å². The molecule has 6 heteroatoms. The summed E-state index contributed by atoms with van der Waals surface area (Å²) in [5.74, 6) is 3.69. The largest absolute Gasteiger partial charge is 0.208 e. The number of rotatable bonds is 9. The standard InChI is InChI=1S/C68H44N6/c1-6-18-43(19-7-1)48-28-16-30-51(38-48)65-69-63(46-24-12-4-13-25-46)71-67(73-65)53-34-37-57-59(41-53)61-55-35-32-50(45-22-10-3-11-23-45)40-58(55)62(57)60-42-54(33-36-56(60)61)68-72-64(47-26-14-5-15-27-47)70-66(74-68)52-31-17-29-49(39-52)44-20-8-2-9-21-44/h1-42,61-62H. The number of nitrogens with zero attached hydrogens (tertiary/aromatic N) is 6. The molecule has 2 unspecified atom stereocenters. The van der Waals surface area contributed by atoms with E-state index in [2.05, 4.69) is 206 Å². The van der Waals surface area contributed by atoms with Gasteiger partial charge in [-0.15, -0.1) is 0 Å². The lowest BCUT2D eigenvalue weighted by atomic mass is 9.60. The lowest BCUT2D eigenvalue weighted by molar-refractivity contribution is 0.755. The molecule has 346 valence electrons. The average Bonchev–Trinajstić information content (AvgIpc) is 3.55. The van der Waals surface area contributed by atoms with Crippen molar-refractivity contribution in [2.45, 2.75) is 11.8 Å². The normalized spacial score (nSPS) is 13.9. The second-order valence-corrected chi connectivity index (χ2v) is 19.0. The van der Waals surface area contributed by atoms with E-state index in [1.165, 1.54) is 44.5 Å². The number of benzene rings is 10. The van der Waals surface area contributed by atoms with Crippen molar-refractivity contribution in [2.75, 3.05) is 0 Å². The molecule has 2 atom stereocenters. The summed E-state index contributed by atoms with van der Waals surface area (Å²) in [6.45, 7) is 0. The van der Waals surface area contributed by atoms with Gasteiger partial charge in [-0.2, -0.15) is 0 Å². The molecule has 6 nitrogen and oxygen atoms in total. The van der Waals surface area contributed by atoms with Crippen molar-refractivity contribution in [3.8, 4) is 102 Å². The maximum absolute atomic E-state index is 5.27. The highest BCUT2D eigenvalue weighted by Gasteiger charge is 2.42. The predicted molar refractivity (Wildman–Crippen MR) is 297 cm³/mol. The van der Waals surface area contributed by atoms with E-state index < -0.39 is 0 Å². The van der Waals surface area contributed by atoms with Crippen molar-refractivity contribution in [3.63, 3.8) is 0 Å². The molecule has 15 rings (SSSR count). The summed E-state index contributed by atoms with van der Waals surface area (Å²) < 4.78 is 0. The molecule has 0 fully saturated rings. The van der Waals surface area contributed by atoms with Crippen molar-refractivity contribution in [1.29, 1.82) is 0 Å². The molecule has 2 aromatic heterocycles. The molecule has 2 bridgehead atoms. The molecular weight excluding hydrogens is 901 g/mol. The second kappa shape index (κ2) is 18.1. The van der Waals surface area contributed by atoms with Crippen LogP contribution in [-0.4, -0.2) is 29.9 Å². The maximum atomic E-state index is 5.27. The van der Waals surface area contributed by atoms with Crippen molar-refractivity contribution in [3.05, 3.63) is 288 Å². The summed E-state index contributed by atoms with van der Waals surface area (Å²) in [4.78, 5) is 31.2. The van der Waals surface area contributed by atoms with Gasteiger partial charge in [-0.25, -0.2) is 29.9 Å². The Kier molecular flexibility index (Phi) is 10.5. The third-order valence-electron chi connectivity index (χ3n) is 14.5. The van der Waals surface area contributed by atoms with E-state index in [-0.39, 0.29) is 11.8 Å². The first-order valence-electron chi connectivity index (χ1n) is 25.1. The van der Waals surface area contributed by atoms with Crippen LogP contribution < -0.4 is 0 Å². The summed E-state index contributed by atoms with van der Waals surface area (Å²) in [6.07, 6.45) is 0. The highest BCUT2D eigenvalue weighted by atomic mass is 15.0.